The van der Waals surface area contributed by atoms with E-state index in [1.54, 1.807) is 23.9 Å². The highest BCUT2D eigenvalue weighted by Gasteiger charge is 2.12. The molecule has 0 saturated heterocycles. The van der Waals surface area contributed by atoms with E-state index in [0.717, 1.165) is 16.8 Å². The lowest BCUT2D eigenvalue weighted by Gasteiger charge is -2.14. The number of aryl methyl sites for hydroxylation is 2. The fraction of sp³-hybridized carbons (Fsp3) is 0.308. The molecule has 2 aromatic rings. The van der Waals surface area contributed by atoms with Gasteiger partial charge in [-0.3, -0.25) is 0 Å². The normalized spacial score (nSPS) is 12.8. The Balaban J connectivity index is 2.63. The molecule has 1 aromatic carbocycles. The Morgan fingerprint density at radius 3 is 2.59 bits per heavy atom. The number of hydrogen-bond acceptors (Lipinski definition) is 2. The summed E-state index contributed by atoms with van der Waals surface area (Å²) in [6.45, 7) is 5.54. The molecule has 0 aliphatic heterocycles. The van der Waals surface area contributed by atoms with Crippen molar-refractivity contribution in [3.8, 4) is 5.69 Å². The zero-order valence-electron chi connectivity index (χ0n) is 10.2. The minimum Gasteiger partial charge on any atom is -0.324 e. The van der Waals surface area contributed by atoms with Gasteiger partial charge in [0.2, 0.25) is 0 Å². The fourth-order valence-electron chi connectivity index (χ4n) is 1.79. The molecule has 1 heterocycles. The minimum atomic E-state index is -0.232. The van der Waals surface area contributed by atoms with Crippen molar-refractivity contribution in [1.82, 2.24) is 9.78 Å². The molecule has 1 aromatic heterocycles. The third kappa shape index (κ3) is 2.22. The molecule has 3 nitrogen and oxygen atoms in total. The van der Waals surface area contributed by atoms with Gasteiger partial charge in [0.15, 0.2) is 0 Å². The first-order valence-corrected chi connectivity index (χ1v) is 5.56. The molecule has 0 bridgehead atoms. The zero-order valence-corrected chi connectivity index (χ0v) is 10.2. The lowest BCUT2D eigenvalue weighted by Crippen LogP contribution is -2.11. The minimum absolute atomic E-state index is 0.232. The van der Waals surface area contributed by atoms with E-state index in [-0.39, 0.29) is 11.9 Å². The maximum atomic E-state index is 13.6. The van der Waals surface area contributed by atoms with Gasteiger partial charge in [-0.15, -0.1) is 0 Å². The van der Waals surface area contributed by atoms with Gasteiger partial charge < -0.3 is 5.73 Å². The van der Waals surface area contributed by atoms with Gasteiger partial charge in [0.25, 0.3) is 0 Å². The molecule has 0 aliphatic carbocycles. The lowest BCUT2D eigenvalue weighted by molar-refractivity contribution is 0.611. The molecule has 0 fully saturated rings. The van der Waals surface area contributed by atoms with Gasteiger partial charge in [0.1, 0.15) is 5.82 Å². The summed E-state index contributed by atoms with van der Waals surface area (Å²) in [7, 11) is 0. The van der Waals surface area contributed by atoms with Gasteiger partial charge in [-0.2, -0.15) is 5.10 Å². The van der Waals surface area contributed by atoms with Crippen LogP contribution < -0.4 is 5.73 Å². The Morgan fingerprint density at radius 2 is 2.06 bits per heavy atom. The first kappa shape index (κ1) is 11.8. The molecule has 4 heteroatoms. The average Bonchev–Trinajstić information content (AvgIpc) is 2.68. The van der Waals surface area contributed by atoms with Crippen LogP contribution in [0.15, 0.2) is 24.5 Å². The predicted octanol–water partition coefficient (Wildman–Crippen LogP) is 2.65. The van der Waals surface area contributed by atoms with Gasteiger partial charge in [-0.25, -0.2) is 9.07 Å². The Labute approximate surface area is 100 Å². The van der Waals surface area contributed by atoms with Crippen LogP contribution in [0.2, 0.25) is 0 Å². The third-order valence-corrected chi connectivity index (χ3v) is 2.76. The molecule has 0 radical (unpaired) electrons. The largest absolute Gasteiger partial charge is 0.324 e. The molecule has 90 valence electrons. The number of nitrogens with zero attached hydrogens (tertiary/aromatic N) is 2. The van der Waals surface area contributed by atoms with E-state index >= 15 is 0 Å². The highest BCUT2D eigenvalue weighted by Crippen LogP contribution is 2.23. The van der Waals surface area contributed by atoms with E-state index in [9.17, 15) is 4.39 Å². The maximum absolute atomic E-state index is 13.6. The molecule has 1 atom stereocenters. The topological polar surface area (TPSA) is 43.8 Å². The van der Waals surface area contributed by atoms with Crippen molar-refractivity contribution in [2.75, 3.05) is 0 Å². The number of benzene rings is 1. The molecule has 0 aliphatic rings. The Hall–Kier alpha value is -1.68. The highest BCUT2D eigenvalue weighted by atomic mass is 19.1. The molecule has 0 unspecified atom stereocenters. The smallest absolute Gasteiger partial charge is 0.126 e. The highest BCUT2D eigenvalue weighted by molar-refractivity contribution is 5.45. The van der Waals surface area contributed by atoms with Crippen molar-refractivity contribution in [3.63, 3.8) is 0 Å². The molecule has 2 rings (SSSR count). The second-order valence-electron chi connectivity index (χ2n) is 4.41. The van der Waals surface area contributed by atoms with Crippen LogP contribution in [-0.4, -0.2) is 9.78 Å². The monoisotopic (exact) mass is 233 g/mol. The SMILES string of the molecule is Cc1cnn(-c2cc(C)c(F)cc2[C@H](C)N)c1. The quantitative estimate of drug-likeness (QED) is 0.866. The van der Waals surface area contributed by atoms with Gasteiger partial charge in [0.05, 0.1) is 11.9 Å². The van der Waals surface area contributed by atoms with Crippen molar-refractivity contribution in [1.29, 1.82) is 0 Å². The Morgan fingerprint density at radius 1 is 1.35 bits per heavy atom. The number of rotatable bonds is 2. The first-order valence-electron chi connectivity index (χ1n) is 5.56. The van der Waals surface area contributed by atoms with Crippen LogP contribution in [0.4, 0.5) is 4.39 Å². The summed E-state index contributed by atoms with van der Waals surface area (Å²) >= 11 is 0. The van der Waals surface area contributed by atoms with E-state index in [4.69, 9.17) is 5.73 Å². The van der Waals surface area contributed by atoms with Gasteiger partial charge >= 0.3 is 0 Å². The van der Waals surface area contributed by atoms with E-state index in [0.29, 0.717) is 5.56 Å². The molecule has 0 amide bonds. The van der Waals surface area contributed by atoms with Gasteiger partial charge in [0, 0.05) is 12.2 Å². The van der Waals surface area contributed by atoms with Crippen LogP contribution in [0.3, 0.4) is 0 Å². The second-order valence-corrected chi connectivity index (χ2v) is 4.41. The standard InChI is InChI=1S/C13H16FN3/c1-8-6-16-17(7-8)13-4-9(2)12(14)5-11(13)10(3)15/h4-7,10H,15H2,1-3H3/t10-/m0/s1. The van der Waals surface area contributed by atoms with Crippen LogP contribution in [0, 0.1) is 19.7 Å². The van der Waals surface area contributed by atoms with Crippen molar-refractivity contribution in [3.05, 3.63) is 47.0 Å². The Bertz CT molecular complexity index is 544. The number of halogens is 1. The number of aromatic nitrogens is 2. The summed E-state index contributed by atoms with van der Waals surface area (Å²) in [4.78, 5) is 0. The maximum Gasteiger partial charge on any atom is 0.126 e. The summed E-state index contributed by atoms with van der Waals surface area (Å²) in [6, 6.07) is 3.04. The number of hydrogen-bond donors (Lipinski definition) is 1. The Kier molecular flexibility index (Phi) is 2.98. The summed E-state index contributed by atoms with van der Waals surface area (Å²) in [5.74, 6) is -0.232. The van der Waals surface area contributed by atoms with E-state index in [1.807, 2.05) is 20.0 Å². The van der Waals surface area contributed by atoms with Crippen LogP contribution in [0.1, 0.15) is 29.7 Å². The summed E-state index contributed by atoms with van der Waals surface area (Å²) in [5.41, 5.74) is 9.12. The summed E-state index contributed by atoms with van der Waals surface area (Å²) < 4.78 is 15.3. The number of nitrogens with two attached hydrogens (primary N) is 1. The van der Waals surface area contributed by atoms with Crippen molar-refractivity contribution in [2.45, 2.75) is 26.8 Å². The van der Waals surface area contributed by atoms with Crippen LogP contribution >= 0.6 is 0 Å². The summed E-state index contributed by atoms with van der Waals surface area (Å²) in [5, 5.41) is 4.24. The second kappa shape index (κ2) is 4.30. The molecule has 0 spiro atoms. The van der Waals surface area contributed by atoms with Gasteiger partial charge in [-0.05, 0) is 49.6 Å². The van der Waals surface area contributed by atoms with E-state index < -0.39 is 0 Å². The summed E-state index contributed by atoms with van der Waals surface area (Å²) in [6.07, 6.45) is 3.67. The third-order valence-electron chi connectivity index (χ3n) is 2.76. The molecular formula is C13H16FN3. The molecule has 2 N–H and O–H groups in total. The van der Waals surface area contributed by atoms with Crippen molar-refractivity contribution in [2.24, 2.45) is 5.73 Å². The van der Waals surface area contributed by atoms with Gasteiger partial charge in [-0.1, -0.05) is 0 Å². The lowest BCUT2D eigenvalue weighted by atomic mass is 10.0. The fourth-order valence-corrected chi connectivity index (χ4v) is 1.79. The van der Waals surface area contributed by atoms with Crippen molar-refractivity contribution >= 4 is 0 Å². The van der Waals surface area contributed by atoms with E-state index in [1.165, 1.54) is 6.07 Å². The molecule has 0 saturated carbocycles. The molecule has 17 heavy (non-hydrogen) atoms. The predicted molar refractivity (Wildman–Crippen MR) is 65.6 cm³/mol. The van der Waals surface area contributed by atoms with Crippen LogP contribution in [0.25, 0.3) is 5.69 Å². The first-order chi connectivity index (χ1) is 7.99. The van der Waals surface area contributed by atoms with Crippen molar-refractivity contribution < 1.29 is 4.39 Å². The zero-order chi connectivity index (χ0) is 12.6. The average molecular weight is 233 g/mol. The van der Waals surface area contributed by atoms with Crippen LogP contribution in [0.5, 0.6) is 0 Å². The molecular weight excluding hydrogens is 217 g/mol. The van der Waals surface area contributed by atoms with E-state index in [2.05, 4.69) is 5.10 Å². The van der Waals surface area contributed by atoms with Crippen LogP contribution in [-0.2, 0) is 0 Å².